The van der Waals surface area contributed by atoms with Crippen LogP contribution in [-0.2, 0) is 16.4 Å². The van der Waals surface area contributed by atoms with Gasteiger partial charge < -0.3 is 19.5 Å². The van der Waals surface area contributed by atoms with Crippen LogP contribution >= 0.6 is 0 Å². The van der Waals surface area contributed by atoms with Crippen LogP contribution in [0.25, 0.3) is 0 Å². The Morgan fingerprint density at radius 3 is 2.50 bits per heavy atom. The van der Waals surface area contributed by atoms with Crippen molar-refractivity contribution in [1.82, 2.24) is 5.32 Å². The Labute approximate surface area is 178 Å². The molecule has 0 saturated carbocycles. The van der Waals surface area contributed by atoms with Gasteiger partial charge in [-0.25, -0.2) is 13.6 Å². The molecule has 0 bridgehead atoms. The molecule has 28 heavy (non-hydrogen) atoms. The van der Waals surface area contributed by atoms with Gasteiger partial charge in [-0.1, -0.05) is 18.2 Å². The Kier molecular flexibility index (Phi) is 4.80. The molecular weight excluding hydrogens is 380 g/mol. The summed E-state index contributed by atoms with van der Waals surface area (Å²) in [5.74, 6) is -1.07. The zero-order valence-electron chi connectivity index (χ0n) is 23.8. The molecule has 0 heterocycles. The number of ether oxygens (including phenoxy) is 3. The van der Waals surface area contributed by atoms with E-state index in [1.807, 2.05) is 0 Å². The first kappa shape index (κ1) is 13.0. The summed E-state index contributed by atoms with van der Waals surface area (Å²) in [6.45, 7) is -2.91. The highest BCUT2D eigenvalue weighted by Gasteiger charge is 2.16. The third-order valence-electron chi connectivity index (χ3n) is 3.51. The minimum Gasteiger partial charge on any atom is -0.495 e. The third kappa shape index (κ3) is 6.40. The standard InChI is InChI=1S/C20H28N2O5S/c1-4-26-17-7-5-6-8-18(17)27-12-11-22-15(2)13-16-9-10-19(25-3)20(14-16)28(21,23)24/h5-10,14-15,22H,4,11-13H2,1-3H3,(H2,21,23,24)/t15-/m1/s1/i5D,6D,7D,8D,11D2,12D2. The lowest BCUT2D eigenvalue weighted by Gasteiger charge is -2.16. The molecule has 0 amide bonds. The van der Waals surface area contributed by atoms with Crippen molar-refractivity contribution >= 4 is 10.0 Å². The maximum absolute atomic E-state index is 11.8. The SMILES string of the molecule is [2H]c1c([2H])c([2H])c(OC([2H])([2H])C([2H])([2H])N[C@H](C)Cc2ccc(OC)c(S(N)(=O)=O)c2)c(OCC)c1[2H]. The maximum atomic E-state index is 11.8. The minimum atomic E-state index is -4.09. The van der Waals surface area contributed by atoms with E-state index in [0.717, 1.165) is 0 Å². The number of nitrogens with one attached hydrogen (secondary N) is 1. The summed E-state index contributed by atoms with van der Waals surface area (Å²) in [6.07, 6.45) is 0.0667. The number of rotatable bonds is 11. The van der Waals surface area contributed by atoms with E-state index in [9.17, 15) is 8.42 Å². The fourth-order valence-electron chi connectivity index (χ4n) is 2.31. The average Bonchev–Trinajstić information content (AvgIpc) is 2.77. The van der Waals surface area contributed by atoms with Gasteiger partial charge in [0.05, 0.1) is 21.9 Å². The largest absolute Gasteiger partial charge is 0.495 e. The molecule has 2 aromatic rings. The summed E-state index contributed by atoms with van der Waals surface area (Å²) < 4.78 is 104. The highest BCUT2D eigenvalue weighted by molar-refractivity contribution is 7.89. The highest BCUT2D eigenvalue weighted by Crippen LogP contribution is 2.26. The Hall–Kier alpha value is -2.29. The first-order valence-electron chi connectivity index (χ1n) is 12.4. The number of hydrogen-bond acceptors (Lipinski definition) is 6. The molecule has 0 aliphatic heterocycles. The van der Waals surface area contributed by atoms with Gasteiger partial charge in [0.1, 0.15) is 17.2 Å². The molecule has 0 saturated heterocycles. The maximum Gasteiger partial charge on any atom is 0.241 e. The van der Waals surface area contributed by atoms with E-state index in [4.69, 9.17) is 30.3 Å². The number of hydrogen-bond donors (Lipinski definition) is 2. The van der Waals surface area contributed by atoms with Crippen LogP contribution in [0.2, 0.25) is 0 Å². The molecule has 2 aromatic carbocycles. The first-order valence-corrected chi connectivity index (χ1v) is 9.91. The molecule has 8 heteroatoms. The predicted molar refractivity (Wildman–Crippen MR) is 109 cm³/mol. The van der Waals surface area contributed by atoms with E-state index in [0.29, 0.717) is 5.56 Å². The van der Waals surface area contributed by atoms with Crippen molar-refractivity contribution in [3.63, 3.8) is 0 Å². The van der Waals surface area contributed by atoms with Crippen LogP contribution in [0.15, 0.2) is 47.3 Å². The number of sulfonamides is 1. The Bertz CT molecular complexity index is 1230. The van der Waals surface area contributed by atoms with Crippen LogP contribution in [0.3, 0.4) is 0 Å². The van der Waals surface area contributed by atoms with Crippen LogP contribution in [0.5, 0.6) is 17.2 Å². The van der Waals surface area contributed by atoms with Crippen molar-refractivity contribution in [2.75, 3.05) is 26.8 Å². The van der Waals surface area contributed by atoms with Gasteiger partial charge in [-0.3, -0.25) is 0 Å². The van der Waals surface area contributed by atoms with Crippen LogP contribution in [-0.4, -0.2) is 41.2 Å². The average molecular weight is 417 g/mol. The summed E-state index contributed by atoms with van der Waals surface area (Å²) in [5.41, 5.74) is 0.452. The lowest BCUT2D eigenvalue weighted by molar-refractivity contribution is 0.272. The van der Waals surface area contributed by atoms with Crippen LogP contribution < -0.4 is 24.7 Å². The Balaban J connectivity index is 2.32. The molecule has 0 unspecified atom stereocenters. The minimum absolute atomic E-state index is 0.00792. The molecule has 154 valence electrons. The zero-order valence-corrected chi connectivity index (χ0v) is 16.6. The molecule has 0 aliphatic rings. The van der Waals surface area contributed by atoms with Gasteiger partial charge >= 0.3 is 0 Å². The molecule has 0 aliphatic carbocycles. The van der Waals surface area contributed by atoms with Crippen LogP contribution in [0.4, 0.5) is 0 Å². The van der Waals surface area contributed by atoms with Crippen molar-refractivity contribution < 1.29 is 33.6 Å². The molecular formula is C20H28N2O5S. The fraction of sp³-hybridized carbons (Fsp3) is 0.400. The highest BCUT2D eigenvalue weighted by atomic mass is 32.2. The van der Waals surface area contributed by atoms with E-state index in [-0.39, 0.29) is 23.7 Å². The number of benzene rings is 2. The van der Waals surface area contributed by atoms with Crippen molar-refractivity contribution in [3.8, 4) is 17.2 Å². The second-order valence-corrected chi connectivity index (χ2v) is 7.23. The van der Waals surface area contributed by atoms with E-state index in [1.165, 1.54) is 26.2 Å². The molecule has 0 fully saturated rings. The lowest BCUT2D eigenvalue weighted by Crippen LogP contribution is -2.32. The smallest absolute Gasteiger partial charge is 0.241 e. The van der Waals surface area contributed by atoms with E-state index in [1.54, 1.807) is 13.0 Å². The fourth-order valence-corrected chi connectivity index (χ4v) is 3.06. The number of para-hydroxylation sites is 2. The van der Waals surface area contributed by atoms with Crippen LogP contribution in [0, 0.1) is 0 Å². The van der Waals surface area contributed by atoms with Gasteiger partial charge in [-0.15, -0.1) is 0 Å². The summed E-state index contributed by atoms with van der Waals surface area (Å²) in [6, 6.07) is 0.873. The van der Waals surface area contributed by atoms with E-state index >= 15 is 0 Å². The van der Waals surface area contributed by atoms with Crippen molar-refractivity contribution in [2.45, 2.75) is 31.2 Å². The molecule has 0 aromatic heterocycles. The van der Waals surface area contributed by atoms with Gasteiger partial charge in [0.2, 0.25) is 10.0 Å². The van der Waals surface area contributed by atoms with Gasteiger partial charge in [0.15, 0.2) is 11.5 Å². The van der Waals surface area contributed by atoms with Gasteiger partial charge in [-0.05, 0) is 50.0 Å². The second-order valence-electron chi connectivity index (χ2n) is 5.70. The summed E-state index contributed by atoms with van der Waals surface area (Å²) in [7, 11) is -2.81. The second kappa shape index (κ2) is 10.3. The quantitative estimate of drug-likeness (QED) is 0.583. The molecule has 0 spiro atoms. The summed E-state index contributed by atoms with van der Waals surface area (Å²) in [5, 5.41) is 7.68. The van der Waals surface area contributed by atoms with Gasteiger partial charge in [-0.2, -0.15) is 0 Å². The van der Waals surface area contributed by atoms with Crippen molar-refractivity contribution in [3.05, 3.63) is 47.9 Å². The first-order chi connectivity index (χ1) is 16.5. The molecule has 0 radical (unpaired) electrons. The van der Waals surface area contributed by atoms with Crippen LogP contribution in [0.1, 0.15) is 30.4 Å². The molecule has 1 atom stereocenters. The number of primary sulfonamides is 1. The predicted octanol–water partition coefficient (Wildman–Crippen LogP) is 2.34. The van der Waals surface area contributed by atoms with E-state index < -0.39 is 64.8 Å². The Morgan fingerprint density at radius 2 is 1.89 bits per heavy atom. The lowest BCUT2D eigenvalue weighted by atomic mass is 10.1. The summed E-state index contributed by atoms with van der Waals surface area (Å²) >= 11 is 0. The topological polar surface area (TPSA) is 99.9 Å². The Morgan fingerprint density at radius 1 is 1.21 bits per heavy atom. The van der Waals surface area contributed by atoms with Gasteiger partial charge in [0.25, 0.3) is 0 Å². The van der Waals surface area contributed by atoms with Crippen molar-refractivity contribution in [2.24, 2.45) is 5.14 Å². The van der Waals surface area contributed by atoms with Gasteiger partial charge in [0, 0.05) is 15.3 Å². The molecule has 3 N–H and O–H groups in total. The molecule has 7 nitrogen and oxygen atoms in total. The summed E-state index contributed by atoms with van der Waals surface area (Å²) in [4.78, 5) is -0.252. The molecule has 2 rings (SSSR count). The monoisotopic (exact) mass is 416 g/mol. The van der Waals surface area contributed by atoms with Crippen molar-refractivity contribution in [1.29, 1.82) is 0 Å². The normalized spacial score (nSPS) is 17.6. The zero-order chi connectivity index (χ0) is 27.6. The number of nitrogens with two attached hydrogens (primary N) is 1. The number of methoxy groups -OCH3 is 1. The third-order valence-corrected chi connectivity index (χ3v) is 4.44. The van der Waals surface area contributed by atoms with E-state index in [2.05, 4.69) is 5.32 Å².